The monoisotopic (exact) mass is 464 g/mol. The normalized spacial score (nSPS) is 10.8. The number of hydrogen-bond acceptors (Lipinski definition) is 7. The third kappa shape index (κ3) is 6.06. The summed E-state index contributed by atoms with van der Waals surface area (Å²) in [5.41, 5.74) is 5.19. The lowest BCUT2D eigenvalue weighted by Crippen LogP contribution is -2.37. The number of rotatable bonds is 9. The molecule has 10 nitrogen and oxygen atoms in total. The molecule has 1 aromatic heterocycles. The van der Waals surface area contributed by atoms with Crippen LogP contribution in [0.5, 0.6) is 5.75 Å². The summed E-state index contributed by atoms with van der Waals surface area (Å²) in [6, 6.07) is 13.7. The topological polar surface area (TPSA) is 136 Å². The van der Waals surface area contributed by atoms with Crippen LogP contribution >= 0.6 is 0 Å². The van der Waals surface area contributed by atoms with Gasteiger partial charge in [-0.3, -0.25) is 19.7 Å². The van der Waals surface area contributed by atoms with Crippen molar-refractivity contribution in [3.63, 3.8) is 0 Å². The van der Waals surface area contributed by atoms with Crippen LogP contribution in [0.1, 0.15) is 22.5 Å². The van der Waals surface area contributed by atoms with Crippen molar-refractivity contribution in [3.8, 4) is 17.1 Å². The standard InChI is InChI=1S/C24H24N4O6/c1-15-6-4-7-16(2)24(15)33-14-23(30)25-13-22(29)27-26-12-18-10-11-21(34-18)19-8-5-9-20(17(19)3)28(31)32/h4-12H,13-14H2,1-3H3,(H,25,30)(H,27,29)/b26-12-. The van der Waals surface area contributed by atoms with Crippen molar-refractivity contribution in [2.75, 3.05) is 13.2 Å². The van der Waals surface area contributed by atoms with Crippen LogP contribution < -0.4 is 15.5 Å². The van der Waals surface area contributed by atoms with Crippen molar-refractivity contribution in [1.82, 2.24) is 10.7 Å². The van der Waals surface area contributed by atoms with E-state index < -0.39 is 16.7 Å². The zero-order valence-electron chi connectivity index (χ0n) is 19.0. The molecule has 2 N–H and O–H groups in total. The van der Waals surface area contributed by atoms with Crippen LogP contribution in [0.25, 0.3) is 11.3 Å². The SMILES string of the molecule is Cc1cccc(C)c1OCC(=O)NCC(=O)N/N=C\c1ccc(-c2cccc([N+](=O)[O-])c2C)o1. The molecule has 2 amide bonds. The molecule has 3 aromatic rings. The number of nitrogens with zero attached hydrogens (tertiary/aromatic N) is 2. The maximum absolute atomic E-state index is 12.0. The van der Waals surface area contributed by atoms with E-state index in [-0.39, 0.29) is 18.8 Å². The first-order valence-corrected chi connectivity index (χ1v) is 10.4. The van der Waals surface area contributed by atoms with Gasteiger partial charge >= 0.3 is 0 Å². The molecule has 34 heavy (non-hydrogen) atoms. The van der Waals surface area contributed by atoms with E-state index >= 15 is 0 Å². The summed E-state index contributed by atoms with van der Waals surface area (Å²) in [4.78, 5) is 34.5. The lowest BCUT2D eigenvalue weighted by Gasteiger charge is -2.11. The van der Waals surface area contributed by atoms with Crippen LogP contribution in [-0.4, -0.2) is 36.1 Å². The maximum Gasteiger partial charge on any atom is 0.273 e. The van der Waals surface area contributed by atoms with Gasteiger partial charge in [0, 0.05) is 17.2 Å². The Kier molecular flexibility index (Phi) is 7.75. The predicted octanol–water partition coefficient (Wildman–Crippen LogP) is 3.43. The lowest BCUT2D eigenvalue weighted by atomic mass is 10.1. The largest absolute Gasteiger partial charge is 0.483 e. The average molecular weight is 464 g/mol. The highest BCUT2D eigenvalue weighted by Gasteiger charge is 2.16. The number of aryl methyl sites for hydroxylation is 2. The van der Waals surface area contributed by atoms with Gasteiger partial charge in [0.15, 0.2) is 6.61 Å². The fourth-order valence-electron chi connectivity index (χ4n) is 3.26. The molecule has 0 saturated heterocycles. The van der Waals surface area contributed by atoms with E-state index in [1.807, 2.05) is 32.0 Å². The van der Waals surface area contributed by atoms with E-state index in [0.717, 1.165) is 11.1 Å². The summed E-state index contributed by atoms with van der Waals surface area (Å²) >= 11 is 0. The van der Waals surface area contributed by atoms with E-state index in [9.17, 15) is 19.7 Å². The number of amides is 2. The molecule has 2 aromatic carbocycles. The second-order valence-corrected chi connectivity index (χ2v) is 7.49. The van der Waals surface area contributed by atoms with Crippen LogP contribution in [0, 0.1) is 30.9 Å². The number of carbonyl (C=O) groups excluding carboxylic acids is 2. The molecule has 10 heteroatoms. The predicted molar refractivity (Wildman–Crippen MR) is 126 cm³/mol. The van der Waals surface area contributed by atoms with Crippen molar-refractivity contribution >= 4 is 23.7 Å². The summed E-state index contributed by atoms with van der Waals surface area (Å²) in [6.07, 6.45) is 1.29. The minimum atomic E-state index is -0.530. The maximum atomic E-state index is 12.0. The second kappa shape index (κ2) is 10.9. The summed E-state index contributed by atoms with van der Waals surface area (Å²) in [7, 11) is 0. The first-order valence-electron chi connectivity index (χ1n) is 10.4. The van der Waals surface area contributed by atoms with E-state index in [4.69, 9.17) is 9.15 Å². The molecular formula is C24H24N4O6. The van der Waals surface area contributed by atoms with Crippen LogP contribution in [0.4, 0.5) is 5.69 Å². The van der Waals surface area contributed by atoms with Gasteiger partial charge in [0.25, 0.3) is 17.5 Å². The van der Waals surface area contributed by atoms with E-state index in [0.29, 0.717) is 28.4 Å². The molecule has 0 radical (unpaired) electrons. The van der Waals surface area contributed by atoms with Crippen LogP contribution in [0.3, 0.4) is 0 Å². The van der Waals surface area contributed by atoms with Gasteiger partial charge in [-0.1, -0.05) is 30.3 Å². The number of hydrazone groups is 1. The summed E-state index contributed by atoms with van der Waals surface area (Å²) in [5, 5.41) is 17.4. The molecule has 0 aliphatic rings. The Balaban J connectivity index is 1.48. The fourth-order valence-corrected chi connectivity index (χ4v) is 3.26. The van der Waals surface area contributed by atoms with Crippen molar-refractivity contribution in [2.24, 2.45) is 5.10 Å². The molecule has 0 atom stereocenters. The molecule has 0 fully saturated rings. The van der Waals surface area contributed by atoms with E-state index in [2.05, 4.69) is 15.8 Å². The van der Waals surface area contributed by atoms with Gasteiger partial charge in [0.2, 0.25) is 0 Å². The van der Waals surface area contributed by atoms with Gasteiger partial charge in [-0.25, -0.2) is 5.43 Å². The minimum Gasteiger partial charge on any atom is -0.483 e. The third-order valence-corrected chi connectivity index (χ3v) is 4.98. The van der Waals surface area contributed by atoms with Gasteiger partial charge in [0.05, 0.1) is 17.7 Å². The number of ether oxygens (including phenoxy) is 1. The third-order valence-electron chi connectivity index (χ3n) is 4.98. The second-order valence-electron chi connectivity index (χ2n) is 7.49. The van der Waals surface area contributed by atoms with Gasteiger partial charge in [0.1, 0.15) is 17.3 Å². The number of hydrogen-bond donors (Lipinski definition) is 2. The first kappa shape index (κ1) is 24.2. The number of benzene rings is 2. The minimum absolute atomic E-state index is 0.00198. The Morgan fingerprint density at radius 2 is 1.76 bits per heavy atom. The van der Waals surface area contributed by atoms with Crippen molar-refractivity contribution in [1.29, 1.82) is 0 Å². The number of para-hydroxylation sites is 1. The smallest absolute Gasteiger partial charge is 0.273 e. The summed E-state index contributed by atoms with van der Waals surface area (Å²) < 4.78 is 11.2. The Hall–Kier alpha value is -4.47. The Morgan fingerprint density at radius 3 is 2.47 bits per heavy atom. The quantitative estimate of drug-likeness (QED) is 0.283. The highest BCUT2D eigenvalue weighted by atomic mass is 16.6. The molecule has 3 rings (SSSR count). The van der Waals surface area contributed by atoms with Gasteiger partial charge in [-0.05, 0) is 44.0 Å². The number of nitro benzene ring substituents is 1. The summed E-state index contributed by atoms with van der Waals surface area (Å²) in [5.74, 6) is 0.449. The number of carbonyl (C=O) groups is 2. The molecule has 0 aliphatic heterocycles. The number of nitro groups is 1. The first-order chi connectivity index (χ1) is 16.3. The van der Waals surface area contributed by atoms with E-state index in [1.54, 1.807) is 31.2 Å². The highest BCUT2D eigenvalue weighted by molar-refractivity contribution is 5.86. The zero-order valence-corrected chi connectivity index (χ0v) is 19.0. The molecule has 176 valence electrons. The van der Waals surface area contributed by atoms with Crippen LogP contribution in [0.15, 0.2) is 58.0 Å². The fraction of sp³-hybridized carbons (Fsp3) is 0.208. The highest BCUT2D eigenvalue weighted by Crippen LogP contribution is 2.30. The average Bonchev–Trinajstić information content (AvgIpc) is 3.26. The molecule has 1 heterocycles. The number of furan rings is 1. The lowest BCUT2D eigenvalue weighted by molar-refractivity contribution is -0.385. The molecule has 0 saturated carbocycles. The Bertz CT molecular complexity index is 1230. The van der Waals surface area contributed by atoms with Crippen LogP contribution in [-0.2, 0) is 9.59 Å². The molecular weight excluding hydrogens is 440 g/mol. The Morgan fingerprint density at radius 1 is 1.06 bits per heavy atom. The van der Waals surface area contributed by atoms with Gasteiger partial charge in [-0.15, -0.1) is 0 Å². The van der Waals surface area contributed by atoms with Crippen LogP contribution in [0.2, 0.25) is 0 Å². The Labute approximate surface area is 195 Å². The molecule has 0 unspecified atom stereocenters. The van der Waals surface area contributed by atoms with Crippen molar-refractivity contribution in [2.45, 2.75) is 20.8 Å². The van der Waals surface area contributed by atoms with Crippen molar-refractivity contribution < 1.29 is 23.7 Å². The van der Waals surface area contributed by atoms with Gasteiger partial charge in [-0.2, -0.15) is 5.10 Å². The number of nitrogens with one attached hydrogen (secondary N) is 2. The zero-order chi connectivity index (χ0) is 24.7. The molecule has 0 aliphatic carbocycles. The van der Waals surface area contributed by atoms with Gasteiger partial charge < -0.3 is 14.5 Å². The van der Waals surface area contributed by atoms with E-state index in [1.165, 1.54) is 12.3 Å². The molecule has 0 bridgehead atoms. The summed E-state index contributed by atoms with van der Waals surface area (Å²) in [6.45, 7) is 4.93. The molecule has 0 spiro atoms. The van der Waals surface area contributed by atoms with Crippen molar-refractivity contribution in [3.05, 3.63) is 81.1 Å².